The third kappa shape index (κ3) is 1.37. The lowest BCUT2D eigenvalue weighted by Crippen LogP contribution is -2.04. The molecule has 0 aliphatic carbocycles. The number of fused-ring (bicyclic) bond motifs is 2. The molecule has 3 aromatic rings. The van der Waals surface area contributed by atoms with Crippen LogP contribution in [0.2, 0.25) is 0 Å². The van der Waals surface area contributed by atoms with Crippen molar-refractivity contribution in [2.75, 3.05) is 12.8 Å². The van der Waals surface area contributed by atoms with Gasteiger partial charge in [-0.1, -0.05) is 12.1 Å². The van der Waals surface area contributed by atoms with Crippen molar-refractivity contribution in [3.8, 4) is 28.5 Å². The second-order valence-electron chi connectivity index (χ2n) is 4.52. The van der Waals surface area contributed by atoms with Crippen molar-refractivity contribution in [1.82, 2.24) is 9.97 Å². The minimum Gasteiger partial charge on any atom is -0.493 e. The second-order valence-corrected chi connectivity index (χ2v) is 4.52. The summed E-state index contributed by atoms with van der Waals surface area (Å²) in [5, 5.41) is 0.831. The molecule has 98 valence electrons. The molecule has 0 saturated heterocycles. The Bertz CT molecular complexity index is 846. The van der Waals surface area contributed by atoms with Gasteiger partial charge in [-0.05, 0) is 24.3 Å². The lowest BCUT2D eigenvalue weighted by Gasteiger charge is -2.21. The topological polar surface area (TPSA) is 70.3 Å². The second kappa shape index (κ2) is 3.84. The maximum Gasteiger partial charge on any atom is 0.221 e. The fourth-order valence-corrected chi connectivity index (χ4v) is 2.51. The zero-order chi connectivity index (χ0) is 13.7. The van der Waals surface area contributed by atoms with Crippen LogP contribution < -0.4 is 15.2 Å². The standard InChI is InChI=1S/C15H11N3O2/c1-19-11-7-6-9-12-13(18-15(16)17-9)8-4-2-3-5-10(8)20-14(11)12/h2-7H,1H3,(H2,16,17,18). The molecule has 0 unspecified atom stereocenters. The van der Waals surface area contributed by atoms with E-state index in [-0.39, 0.29) is 5.95 Å². The number of nitrogens with zero attached hydrogens (tertiary/aromatic N) is 2. The molecule has 0 radical (unpaired) electrons. The van der Waals surface area contributed by atoms with Gasteiger partial charge in [0, 0.05) is 5.56 Å². The molecule has 5 nitrogen and oxygen atoms in total. The van der Waals surface area contributed by atoms with E-state index < -0.39 is 0 Å². The molecule has 0 spiro atoms. The molecule has 2 N–H and O–H groups in total. The van der Waals surface area contributed by atoms with E-state index in [4.69, 9.17) is 15.2 Å². The average Bonchev–Trinajstić information content (AvgIpc) is 2.47. The normalized spacial score (nSPS) is 11.8. The molecule has 0 amide bonds. The van der Waals surface area contributed by atoms with Gasteiger partial charge < -0.3 is 15.2 Å². The summed E-state index contributed by atoms with van der Waals surface area (Å²) in [6.45, 7) is 0. The highest BCUT2D eigenvalue weighted by molar-refractivity contribution is 6.02. The molecule has 1 aliphatic rings. The zero-order valence-electron chi connectivity index (χ0n) is 10.8. The van der Waals surface area contributed by atoms with Crippen LogP contribution in [0.3, 0.4) is 0 Å². The van der Waals surface area contributed by atoms with Crippen molar-refractivity contribution in [2.24, 2.45) is 0 Å². The number of benzene rings is 2. The number of ether oxygens (including phenoxy) is 2. The first-order valence-corrected chi connectivity index (χ1v) is 6.19. The van der Waals surface area contributed by atoms with Gasteiger partial charge in [-0.3, -0.25) is 0 Å². The van der Waals surface area contributed by atoms with Gasteiger partial charge in [0.05, 0.1) is 23.7 Å². The smallest absolute Gasteiger partial charge is 0.221 e. The molecule has 0 fully saturated rings. The largest absolute Gasteiger partial charge is 0.493 e. The third-order valence-electron chi connectivity index (χ3n) is 3.37. The van der Waals surface area contributed by atoms with Crippen molar-refractivity contribution < 1.29 is 9.47 Å². The van der Waals surface area contributed by atoms with Crippen molar-refractivity contribution in [1.29, 1.82) is 0 Å². The monoisotopic (exact) mass is 265 g/mol. The van der Waals surface area contributed by atoms with Crippen LogP contribution in [0.1, 0.15) is 0 Å². The first kappa shape index (κ1) is 11.0. The molecular formula is C15H11N3O2. The Morgan fingerprint density at radius 2 is 1.95 bits per heavy atom. The van der Waals surface area contributed by atoms with Crippen molar-refractivity contribution in [3.63, 3.8) is 0 Å². The maximum absolute atomic E-state index is 5.97. The van der Waals surface area contributed by atoms with Crippen LogP contribution in [0.15, 0.2) is 36.4 Å². The van der Waals surface area contributed by atoms with Gasteiger partial charge in [0.2, 0.25) is 5.95 Å². The van der Waals surface area contributed by atoms with Gasteiger partial charge in [-0.25, -0.2) is 9.97 Å². The van der Waals surface area contributed by atoms with E-state index in [0.717, 1.165) is 27.9 Å². The molecule has 0 atom stereocenters. The van der Waals surface area contributed by atoms with Crippen molar-refractivity contribution in [2.45, 2.75) is 0 Å². The minimum absolute atomic E-state index is 0.250. The fraction of sp³-hybridized carbons (Fsp3) is 0.0667. The number of aromatic nitrogens is 2. The van der Waals surface area contributed by atoms with Crippen LogP contribution in [0.25, 0.3) is 22.2 Å². The number of anilines is 1. The molecule has 1 aromatic heterocycles. The lowest BCUT2D eigenvalue weighted by molar-refractivity contribution is 0.381. The number of para-hydroxylation sites is 1. The summed E-state index contributed by atoms with van der Waals surface area (Å²) in [6.07, 6.45) is 0. The third-order valence-corrected chi connectivity index (χ3v) is 3.37. The van der Waals surface area contributed by atoms with E-state index in [1.807, 2.05) is 36.4 Å². The highest BCUT2D eigenvalue weighted by atomic mass is 16.5. The van der Waals surface area contributed by atoms with Gasteiger partial charge in [0.25, 0.3) is 0 Å². The molecule has 5 heteroatoms. The highest BCUT2D eigenvalue weighted by Crippen LogP contribution is 2.48. The molecule has 4 rings (SSSR count). The Morgan fingerprint density at radius 3 is 2.80 bits per heavy atom. The quantitative estimate of drug-likeness (QED) is 0.573. The summed E-state index contributed by atoms with van der Waals surface area (Å²) in [5.74, 6) is 2.28. The summed E-state index contributed by atoms with van der Waals surface area (Å²) in [4.78, 5) is 8.64. The predicted octanol–water partition coefficient (Wildman–Crippen LogP) is 2.99. The number of methoxy groups -OCH3 is 1. The van der Waals surface area contributed by atoms with E-state index in [1.165, 1.54) is 0 Å². The van der Waals surface area contributed by atoms with Gasteiger partial charge >= 0.3 is 0 Å². The van der Waals surface area contributed by atoms with Crippen LogP contribution in [0.5, 0.6) is 17.2 Å². The van der Waals surface area contributed by atoms with Crippen molar-refractivity contribution >= 4 is 16.9 Å². The SMILES string of the molecule is COc1ccc2nc(N)nc3c2c1Oc1ccccc1-3. The van der Waals surface area contributed by atoms with Crippen LogP contribution in [-0.4, -0.2) is 17.1 Å². The number of hydrogen-bond acceptors (Lipinski definition) is 5. The minimum atomic E-state index is 0.250. The molecule has 20 heavy (non-hydrogen) atoms. The molecule has 0 saturated carbocycles. The van der Waals surface area contributed by atoms with Gasteiger partial charge in [-0.15, -0.1) is 0 Å². The zero-order valence-corrected chi connectivity index (χ0v) is 10.8. The summed E-state index contributed by atoms with van der Waals surface area (Å²) in [7, 11) is 1.61. The van der Waals surface area contributed by atoms with E-state index in [0.29, 0.717) is 11.5 Å². The van der Waals surface area contributed by atoms with Gasteiger partial charge in [0.1, 0.15) is 5.75 Å². The predicted molar refractivity (Wildman–Crippen MR) is 76.0 cm³/mol. The summed E-state index contributed by atoms with van der Waals surface area (Å²) in [6, 6.07) is 11.4. The van der Waals surface area contributed by atoms with Gasteiger partial charge in [0.15, 0.2) is 11.5 Å². The summed E-state index contributed by atoms with van der Waals surface area (Å²) < 4.78 is 11.3. The molecular weight excluding hydrogens is 254 g/mol. The Kier molecular flexibility index (Phi) is 2.12. The molecule has 2 aromatic carbocycles. The first-order valence-electron chi connectivity index (χ1n) is 6.19. The van der Waals surface area contributed by atoms with E-state index in [2.05, 4.69) is 9.97 Å². The van der Waals surface area contributed by atoms with Crippen LogP contribution in [-0.2, 0) is 0 Å². The van der Waals surface area contributed by atoms with Gasteiger partial charge in [-0.2, -0.15) is 0 Å². The Labute approximate surface area is 115 Å². The Morgan fingerprint density at radius 1 is 1.10 bits per heavy atom. The molecule has 0 bridgehead atoms. The lowest BCUT2D eigenvalue weighted by atomic mass is 10.0. The highest BCUT2D eigenvalue weighted by Gasteiger charge is 2.25. The maximum atomic E-state index is 5.97. The average molecular weight is 265 g/mol. The van der Waals surface area contributed by atoms with E-state index in [9.17, 15) is 0 Å². The van der Waals surface area contributed by atoms with E-state index >= 15 is 0 Å². The van der Waals surface area contributed by atoms with Crippen molar-refractivity contribution in [3.05, 3.63) is 36.4 Å². The summed E-state index contributed by atoms with van der Waals surface area (Å²) >= 11 is 0. The fourth-order valence-electron chi connectivity index (χ4n) is 2.51. The summed E-state index contributed by atoms with van der Waals surface area (Å²) in [5.41, 5.74) is 8.25. The van der Waals surface area contributed by atoms with E-state index in [1.54, 1.807) is 7.11 Å². The van der Waals surface area contributed by atoms with Crippen LogP contribution >= 0.6 is 0 Å². The number of nitrogen functional groups attached to an aromatic ring is 1. The number of rotatable bonds is 1. The van der Waals surface area contributed by atoms with Crippen LogP contribution in [0, 0.1) is 0 Å². The molecule has 1 aliphatic heterocycles. The Hall–Kier alpha value is -2.82. The number of nitrogens with two attached hydrogens (primary N) is 1. The first-order chi connectivity index (χ1) is 9.78. The van der Waals surface area contributed by atoms with Crippen LogP contribution in [0.4, 0.5) is 5.95 Å². The number of hydrogen-bond donors (Lipinski definition) is 1. The Balaban J connectivity index is 2.20. The molecule has 2 heterocycles.